The second-order valence-electron chi connectivity index (χ2n) is 17.0. The summed E-state index contributed by atoms with van der Waals surface area (Å²) < 4.78 is 7.43. The van der Waals surface area contributed by atoms with Gasteiger partial charge in [-0.05, 0) is 45.1 Å². The Balaban J connectivity index is 0.968. The zero-order chi connectivity index (χ0) is 53.2. The number of aryl methyl sites for hydroxylation is 5. The van der Waals surface area contributed by atoms with E-state index in [1.54, 1.807) is 52.2 Å². The Kier molecular flexibility index (Phi) is 20.1. The lowest BCUT2D eigenvalue weighted by molar-refractivity contribution is -0.121. The fraction of sp³-hybridized carbons (Fsp3) is 0.435. The molecular weight excluding hydrogens is 949 g/mol. The number of anilines is 4. The van der Waals surface area contributed by atoms with Crippen LogP contribution in [0.25, 0.3) is 0 Å². The average Bonchev–Trinajstić information content (AvgIpc) is 4.18. The SMILES string of the molecule is CCC(=O)NCCCN(C)CCCNC(=O)CCNC(=O)c1nc(NC(=O)CCNC(=O)c2cc(NC(=O)c3nc(NC(=O)CCNC(=O)c4cc(NC(=O)c5nccn5C)cn4C)cn3C)cn2C)cn1C. The maximum absolute atomic E-state index is 13.2. The van der Waals surface area contributed by atoms with Gasteiger partial charge in [-0.2, -0.15) is 0 Å². The summed E-state index contributed by atoms with van der Waals surface area (Å²) in [6.07, 6.45) is 11.0. The van der Waals surface area contributed by atoms with Crippen LogP contribution >= 0.6 is 0 Å². The van der Waals surface area contributed by atoms with Crippen molar-refractivity contribution in [3.63, 3.8) is 0 Å². The molecule has 9 N–H and O–H groups in total. The number of carbonyl (C=O) groups is 9. The van der Waals surface area contributed by atoms with Gasteiger partial charge in [-0.25, -0.2) is 15.0 Å². The van der Waals surface area contributed by atoms with Crippen LogP contribution in [0.2, 0.25) is 0 Å². The van der Waals surface area contributed by atoms with Crippen molar-refractivity contribution in [2.75, 3.05) is 74.1 Å². The molecule has 5 heterocycles. The van der Waals surface area contributed by atoms with Gasteiger partial charge in [0.25, 0.3) is 29.5 Å². The van der Waals surface area contributed by atoms with E-state index in [0.717, 1.165) is 25.9 Å². The fourth-order valence-corrected chi connectivity index (χ4v) is 7.17. The molecule has 0 saturated carbocycles. The van der Waals surface area contributed by atoms with Crippen molar-refractivity contribution in [3.8, 4) is 0 Å². The molecule has 0 saturated heterocycles. The molecule has 0 fully saturated rings. The molecule has 0 aromatic carbocycles. The van der Waals surface area contributed by atoms with Crippen molar-refractivity contribution in [1.29, 1.82) is 0 Å². The van der Waals surface area contributed by atoms with Crippen molar-refractivity contribution in [2.24, 2.45) is 35.2 Å². The third-order valence-corrected chi connectivity index (χ3v) is 11.0. The summed E-state index contributed by atoms with van der Waals surface area (Å²) in [7, 11) is 10.1. The van der Waals surface area contributed by atoms with Gasteiger partial charge in [0.15, 0.2) is 17.5 Å². The van der Waals surface area contributed by atoms with E-state index < -0.39 is 41.4 Å². The lowest BCUT2D eigenvalue weighted by Crippen LogP contribution is -2.33. The second-order valence-corrected chi connectivity index (χ2v) is 17.0. The summed E-state index contributed by atoms with van der Waals surface area (Å²) in [5, 5.41) is 24.3. The van der Waals surface area contributed by atoms with Crippen molar-refractivity contribution in [3.05, 3.63) is 78.2 Å². The predicted molar refractivity (Wildman–Crippen MR) is 268 cm³/mol. The minimum absolute atomic E-state index is 0.0189. The van der Waals surface area contributed by atoms with E-state index in [1.165, 1.54) is 55.2 Å². The first kappa shape index (κ1) is 55.3. The van der Waals surface area contributed by atoms with Crippen molar-refractivity contribution in [1.82, 2.24) is 69.3 Å². The van der Waals surface area contributed by atoms with Crippen LogP contribution in [-0.2, 0) is 54.4 Å². The maximum Gasteiger partial charge on any atom is 0.291 e. The summed E-state index contributed by atoms with van der Waals surface area (Å²) in [6, 6.07) is 2.94. The van der Waals surface area contributed by atoms with E-state index >= 15 is 0 Å². The molecule has 0 radical (unpaired) electrons. The Morgan fingerprint density at radius 3 is 1.38 bits per heavy atom. The third kappa shape index (κ3) is 16.8. The summed E-state index contributed by atoms with van der Waals surface area (Å²) in [6.45, 7) is 4.53. The van der Waals surface area contributed by atoms with Gasteiger partial charge in [-0.15, -0.1) is 0 Å². The minimum Gasteiger partial charge on any atom is -0.356 e. The van der Waals surface area contributed by atoms with E-state index in [-0.39, 0.29) is 96.9 Å². The van der Waals surface area contributed by atoms with Gasteiger partial charge in [-0.1, -0.05) is 6.92 Å². The molecule has 5 aromatic rings. The van der Waals surface area contributed by atoms with Gasteiger partial charge in [-0.3, -0.25) is 43.2 Å². The zero-order valence-corrected chi connectivity index (χ0v) is 42.0. The number of imidazole rings is 3. The maximum atomic E-state index is 13.2. The lowest BCUT2D eigenvalue weighted by atomic mass is 10.3. The Morgan fingerprint density at radius 1 is 0.479 bits per heavy atom. The number of hydrogen-bond donors (Lipinski definition) is 9. The van der Waals surface area contributed by atoms with E-state index in [9.17, 15) is 43.2 Å². The van der Waals surface area contributed by atoms with Gasteiger partial charge in [0, 0.05) is 131 Å². The third-order valence-electron chi connectivity index (χ3n) is 11.0. The zero-order valence-electron chi connectivity index (χ0n) is 42.0. The van der Waals surface area contributed by atoms with E-state index in [4.69, 9.17) is 0 Å². The Morgan fingerprint density at radius 2 is 0.918 bits per heavy atom. The highest BCUT2D eigenvalue weighted by atomic mass is 16.2. The monoisotopic (exact) mass is 1010 g/mol. The normalized spacial score (nSPS) is 10.9. The van der Waals surface area contributed by atoms with Gasteiger partial charge >= 0.3 is 0 Å². The molecule has 392 valence electrons. The number of nitrogens with zero attached hydrogens (tertiary/aromatic N) is 9. The largest absolute Gasteiger partial charge is 0.356 e. The van der Waals surface area contributed by atoms with Crippen molar-refractivity contribution < 1.29 is 43.2 Å². The van der Waals surface area contributed by atoms with Crippen LogP contribution < -0.4 is 47.9 Å². The number of amides is 9. The van der Waals surface area contributed by atoms with Crippen LogP contribution in [-0.4, -0.2) is 149 Å². The molecule has 9 amide bonds. The molecule has 0 aliphatic carbocycles. The predicted octanol–water partition coefficient (Wildman–Crippen LogP) is 0.0602. The number of hydrogen-bond acceptors (Lipinski definition) is 13. The van der Waals surface area contributed by atoms with Crippen LogP contribution in [0.1, 0.15) is 98.3 Å². The number of carbonyl (C=O) groups excluding carboxylic acids is 9. The fourth-order valence-electron chi connectivity index (χ4n) is 7.17. The quantitative estimate of drug-likeness (QED) is 0.0315. The summed E-state index contributed by atoms with van der Waals surface area (Å²) in [4.78, 5) is 128. The molecule has 0 bridgehead atoms. The Labute approximate surface area is 420 Å². The Bertz CT molecular complexity index is 2800. The molecule has 0 spiro atoms. The van der Waals surface area contributed by atoms with Crippen LogP contribution in [0.5, 0.6) is 0 Å². The molecule has 5 rings (SSSR count). The highest BCUT2D eigenvalue weighted by Gasteiger charge is 2.21. The minimum atomic E-state index is -0.629. The molecule has 0 atom stereocenters. The molecule has 27 heteroatoms. The van der Waals surface area contributed by atoms with Crippen LogP contribution in [0.3, 0.4) is 0 Å². The first-order valence-electron chi connectivity index (χ1n) is 23.5. The molecule has 5 aromatic heterocycles. The van der Waals surface area contributed by atoms with E-state index in [2.05, 4.69) is 67.7 Å². The van der Waals surface area contributed by atoms with Gasteiger partial charge < -0.3 is 75.6 Å². The van der Waals surface area contributed by atoms with Crippen LogP contribution in [0.4, 0.5) is 23.0 Å². The first-order chi connectivity index (χ1) is 34.8. The van der Waals surface area contributed by atoms with Gasteiger partial charge in [0.2, 0.25) is 35.3 Å². The highest BCUT2D eigenvalue weighted by molar-refractivity contribution is 6.04. The van der Waals surface area contributed by atoms with Crippen molar-refractivity contribution >= 4 is 76.2 Å². The lowest BCUT2D eigenvalue weighted by Gasteiger charge is -2.16. The van der Waals surface area contributed by atoms with E-state index in [1.807, 2.05) is 14.0 Å². The summed E-state index contributed by atoms with van der Waals surface area (Å²) in [5.41, 5.74) is 1.09. The molecule has 27 nitrogen and oxygen atoms in total. The number of rotatable bonds is 27. The van der Waals surface area contributed by atoms with Gasteiger partial charge in [0.05, 0.1) is 11.4 Å². The Hall–Kier alpha value is -8.62. The highest BCUT2D eigenvalue weighted by Crippen LogP contribution is 2.17. The smallest absolute Gasteiger partial charge is 0.291 e. The molecule has 73 heavy (non-hydrogen) atoms. The molecule has 0 aliphatic heterocycles. The van der Waals surface area contributed by atoms with Crippen LogP contribution in [0, 0.1) is 0 Å². The second kappa shape index (κ2) is 26.6. The summed E-state index contributed by atoms with van der Waals surface area (Å²) >= 11 is 0. The standard InChI is InChI=1S/C46H64N18O9/c1-8-35(65)47-14-9-20-59(2)21-10-15-48-36(66)11-16-52-44(71)40-57-33(27-63(40)6)55-37(67)12-17-51-43(70)32-24-30(26-62(32)5)54-46(73)41-58-34(28-64(41)7)56-38(68)13-18-50-42(69)31-23-29(25-61(31)4)53-45(72)39-49-19-22-60(39)3/h19,22-28H,8-18,20-21H2,1-7H3,(H,47,65)(H,48,66)(H,50,69)(H,51,70)(H,52,71)(H,53,72)(H,54,73)(H,55,67)(H,56,68). The topological polar surface area (TPSA) is 328 Å². The van der Waals surface area contributed by atoms with Crippen molar-refractivity contribution in [2.45, 2.75) is 45.4 Å². The molecule has 0 aliphatic rings. The van der Waals surface area contributed by atoms with E-state index in [0.29, 0.717) is 25.2 Å². The van der Waals surface area contributed by atoms with Gasteiger partial charge in [0.1, 0.15) is 11.4 Å². The average molecular weight is 1010 g/mol. The molecular formula is C46H64N18O9. The molecule has 0 unspecified atom stereocenters. The van der Waals surface area contributed by atoms with Crippen LogP contribution in [0.15, 0.2) is 49.3 Å². The number of aromatic nitrogens is 8. The number of nitrogens with one attached hydrogen (secondary N) is 9. The first-order valence-corrected chi connectivity index (χ1v) is 23.5. The summed E-state index contributed by atoms with van der Waals surface area (Å²) in [5.74, 6) is -3.34.